The minimum absolute atomic E-state index is 0.154. The van der Waals surface area contributed by atoms with Crippen molar-refractivity contribution < 1.29 is 39.5 Å². The van der Waals surface area contributed by atoms with Crippen LogP contribution in [0.1, 0.15) is 185 Å². The molecule has 4 rings (SSSR count). The lowest BCUT2D eigenvalue weighted by Gasteiger charge is -2.43. The molecular weight excluding hydrogens is 989 g/mol. The maximum Gasteiger partial charge on any atom is 0.251 e. The van der Waals surface area contributed by atoms with Gasteiger partial charge >= 0.3 is 0 Å². The van der Waals surface area contributed by atoms with Gasteiger partial charge in [-0.1, -0.05) is 257 Å². The van der Waals surface area contributed by atoms with Crippen LogP contribution < -0.4 is 4.43 Å². The summed E-state index contributed by atoms with van der Waals surface area (Å²) in [6.07, 6.45) is 18.4. The van der Waals surface area contributed by atoms with Crippen molar-refractivity contribution in [2.45, 2.75) is 275 Å². The van der Waals surface area contributed by atoms with E-state index in [0.29, 0.717) is 34.8 Å². The van der Waals surface area contributed by atoms with Crippen LogP contribution in [0.25, 0.3) is 32.3 Å². The lowest BCUT2D eigenvalue weighted by atomic mass is 9.91. The van der Waals surface area contributed by atoms with Gasteiger partial charge in [-0.2, -0.15) is 4.39 Å². The second-order valence-corrected chi connectivity index (χ2v) is 45.4. The molecule has 0 amide bonds. The van der Waals surface area contributed by atoms with Crippen LogP contribution in [0.3, 0.4) is 0 Å². The van der Waals surface area contributed by atoms with E-state index in [1.165, 1.54) is 61.6 Å². The van der Waals surface area contributed by atoms with Gasteiger partial charge in [0.15, 0.2) is 34.8 Å². The predicted octanol–water partition coefficient (Wildman–Crippen LogP) is 23.0. The quantitative estimate of drug-likeness (QED) is 0.0191. The summed E-state index contributed by atoms with van der Waals surface area (Å²) in [5, 5.41) is -6.25. The highest BCUT2D eigenvalue weighted by molar-refractivity contribution is 6.83. The van der Waals surface area contributed by atoms with Crippen molar-refractivity contribution in [2.24, 2.45) is 0 Å². The highest BCUT2D eigenvalue weighted by atomic mass is 28.4. The molecule has 0 heterocycles. The van der Waals surface area contributed by atoms with E-state index in [0.717, 1.165) is 96.3 Å². The number of halogens is 8. The fourth-order valence-electron chi connectivity index (χ4n) is 13.0. The van der Waals surface area contributed by atoms with E-state index in [2.05, 4.69) is 82.3 Å². The van der Waals surface area contributed by atoms with Gasteiger partial charge < -0.3 is 4.43 Å². The van der Waals surface area contributed by atoms with E-state index >= 15 is 35.1 Å². The van der Waals surface area contributed by atoms with E-state index in [1.54, 1.807) is 0 Å². The lowest BCUT2D eigenvalue weighted by molar-refractivity contribution is 0.435. The Morgan fingerprint density at radius 3 is 0.972 bits per heavy atom. The third-order valence-electron chi connectivity index (χ3n) is 18.9. The zero-order valence-electron chi connectivity index (χ0n) is 47.0. The predicted molar refractivity (Wildman–Crippen MR) is 304 cm³/mol. The van der Waals surface area contributed by atoms with Crippen LogP contribution in [0.4, 0.5) is 35.1 Å². The summed E-state index contributed by atoms with van der Waals surface area (Å²) in [6.45, 7) is 28.7. The monoisotopic (exact) mass is 1080 g/mol. The first-order valence-electron chi connectivity index (χ1n) is 28.9. The molecule has 4 aromatic carbocycles. The fraction of sp³-hybridized carbons (Fsp3) is 0.729. The Kier molecular flexibility index (Phi) is 24.7. The summed E-state index contributed by atoms with van der Waals surface area (Å²) >= 11 is 0. The Morgan fingerprint density at radius 2 is 0.625 bits per heavy atom. The first kappa shape index (κ1) is 62.6. The minimum atomic E-state index is -3.25. The van der Waals surface area contributed by atoms with Gasteiger partial charge in [0, 0.05) is 33.0 Å². The third-order valence-corrected chi connectivity index (χ3v) is 40.9. The smallest absolute Gasteiger partial charge is 0.251 e. The zero-order chi connectivity index (χ0) is 53.6. The summed E-state index contributed by atoms with van der Waals surface area (Å²) < 4.78 is 136. The van der Waals surface area contributed by atoms with Crippen LogP contribution in [-0.4, -0.2) is 32.5 Å². The standard InChI is InChI=1S/C59H96F8OSi4/c1-13-69(11,14-2)35-29-23-17-19-25-31-37-71(38-32-26-20-18-24-30-36-70(12,15-3)16-4,39-33-27-21-22-28-34-40-72(42(5)6,43(7)8)44(9)10)68-59-52-50-49-47(53(62)55(64)51(50)56(65)58(59)67)45(60)41-46(61)48(49)54(63)57(52)66/h41-44H,13-40H2,1-12H3. The van der Waals surface area contributed by atoms with Crippen LogP contribution in [0.2, 0.25) is 90.2 Å². The number of benzene rings is 4. The molecular formula is C59H96F8OSi4. The van der Waals surface area contributed by atoms with Crippen LogP contribution >= 0.6 is 0 Å². The molecule has 13 heteroatoms. The maximum absolute atomic E-state index is 16.9. The van der Waals surface area contributed by atoms with Gasteiger partial charge in [-0.05, 0) is 18.1 Å². The minimum Gasteiger partial charge on any atom is -0.541 e. The molecule has 4 aromatic rings. The molecule has 0 aliphatic heterocycles. The van der Waals surface area contributed by atoms with E-state index < -0.39 is 117 Å². The van der Waals surface area contributed by atoms with Gasteiger partial charge in [-0.3, -0.25) is 0 Å². The van der Waals surface area contributed by atoms with Crippen LogP contribution in [0.15, 0.2) is 6.07 Å². The van der Waals surface area contributed by atoms with E-state index in [9.17, 15) is 0 Å². The average Bonchev–Trinajstić information content (AvgIpc) is 3.34. The molecule has 1 nitrogen and oxygen atoms in total. The number of rotatable bonds is 36. The van der Waals surface area contributed by atoms with Crippen LogP contribution in [0.5, 0.6) is 5.75 Å². The SMILES string of the molecule is CC[Si](C)(CC)CCCCCCCC[Si](CCCCCCCC[Si](C)(CC)CC)(CCCCCCCC[Si](C(C)C)(C(C)C)C(C)C)Oc1c(F)c(F)c2c(F)c(F)c3c(F)cc(F)c4c(F)c(F)c1c2c34. The second-order valence-electron chi connectivity index (χ2n) is 24.1. The highest BCUT2D eigenvalue weighted by Gasteiger charge is 2.43. The number of hydrogen-bond donors (Lipinski definition) is 0. The molecule has 0 N–H and O–H groups in total. The normalized spacial score (nSPS) is 13.3. The summed E-state index contributed by atoms with van der Waals surface area (Å²) in [5.74, 6) is -15.1. The first-order chi connectivity index (χ1) is 34.1. The second kappa shape index (κ2) is 28.4. The molecule has 0 aliphatic carbocycles. The molecule has 0 bridgehead atoms. The largest absolute Gasteiger partial charge is 0.541 e. The molecule has 0 atom stereocenters. The van der Waals surface area contributed by atoms with Gasteiger partial charge in [0.1, 0.15) is 11.6 Å². The third kappa shape index (κ3) is 14.7. The van der Waals surface area contributed by atoms with Crippen molar-refractivity contribution in [3.63, 3.8) is 0 Å². The van der Waals surface area contributed by atoms with Gasteiger partial charge in [-0.25, -0.2) is 30.7 Å². The molecule has 0 aromatic heterocycles. The van der Waals surface area contributed by atoms with Crippen molar-refractivity contribution >= 4 is 64.9 Å². The Labute approximate surface area is 435 Å². The van der Waals surface area contributed by atoms with E-state index in [4.69, 9.17) is 4.43 Å². The summed E-state index contributed by atoms with van der Waals surface area (Å²) in [7, 11) is -7.11. The Morgan fingerprint density at radius 1 is 0.347 bits per heavy atom. The van der Waals surface area contributed by atoms with Gasteiger partial charge in [0.05, 0.1) is 29.6 Å². The van der Waals surface area contributed by atoms with E-state index in [1.807, 2.05) is 0 Å². The van der Waals surface area contributed by atoms with Gasteiger partial charge in [-0.15, -0.1) is 0 Å². The van der Waals surface area contributed by atoms with Crippen LogP contribution in [-0.2, 0) is 0 Å². The van der Waals surface area contributed by atoms with E-state index in [-0.39, 0.29) is 6.07 Å². The van der Waals surface area contributed by atoms with Crippen LogP contribution in [0, 0.1) is 46.5 Å². The Bertz CT molecular complexity index is 2210. The van der Waals surface area contributed by atoms with Crippen molar-refractivity contribution in [2.75, 3.05) is 0 Å². The lowest BCUT2D eigenvalue weighted by Crippen LogP contribution is -2.44. The average molecular weight is 1090 g/mol. The first-order valence-corrected chi connectivity index (χ1v) is 40.2. The molecule has 0 fully saturated rings. The molecule has 0 unspecified atom stereocenters. The molecule has 0 radical (unpaired) electrons. The van der Waals surface area contributed by atoms with Gasteiger partial charge in [0.25, 0.3) is 8.32 Å². The van der Waals surface area contributed by atoms with Crippen molar-refractivity contribution in [3.8, 4) is 5.75 Å². The maximum atomic E-state index is 16.9. The molecule has 72 heavy (non-hydrogen) atoms. The van der Waals surface area contributed by atoms with Crippen molar-refractivity contribution in [1.29, 1.82) is 0 Å². The Balaban J connectivity index is 1.70. The molecule has 0 saturated heterocycles. The topological polar surface area (TPSA) is 9.23 Å². The highest BCUT2D eigenvalue weighted by Crippen LogP contribution is 2.50. The molecule has 0 saturated carbocycles. The zero-order valence-corrected chi connectivity index (χ0v) is 51.0. The molecule has 0 aliphatic rings. The molecule has 410 valence electrons. The summed E-state index contributed by atoms with van der Waals surface area (Å²) in [6, 6.07) is 11.0. The van der Waals surface area contributed by atoms with Gasteiger partial charge in [0.2, 0.25) is 5.82 Å². The summed E-state index contributed by atoms with van der Waals surface area (Å²) in [5.41, 5.74) is 2.14. The summed E-state index contributed by atoms with van der Waals surface area (Å²) in [4.78, 5) is 0. The van der Waals surface area contributed by atoms with Crippen molar-refractivity contribution in [3.05, 3.63) is 52.6 Å². The fourth-order valence-corrected chi connectivity index (χ4v) is 28.6. The molecule has 0 spiro atoms. The Hall–Kier alpha value is -1.97. The van der Waals surface area contributed by atoms with Crippen molar-refractivity contribution in [1.82, 2.24) is 0 Å². The number of unbranched alkanes of at least 4 members (excludes halogenated alkanes) is 15. The number of hydrogen-bond acceptors (Lipinski definition) is 1.